The number of aryl methyl sites for hydroxylation is 1. The Morgan fingerprint density at radius 1 is 1.21 bits per heavy atom. The molecule has 2 aromatic rings. The third kappa shape index (κ3) is 2.48. The summed E-state index contributed by atoms with van der Waals surface area (Å²) in [4.78, 5) is 8.98. The fourth-order valence-corrected chi connectivity index (χ4v) is 3.33. The SMILES string of the molecule is Cc1cc(C2=NC3(CCC3)COc3ccccc32)cnc1C(F)F. The minimum atomic E-state index is -2.57. The van der Waals surface area contributed by atoms with Gasteiger partial charge in [-0.25, -0.2) is 8.78 Å². The maximum Gasteiger partial charge on any atom is 0.280 e. The maximum absolute atomic E-state index is 13.0. The van der Waals surface area contributed by atoms with Gasteiger partial charge >= 0.3 is 0 Å². The lowest BCUT2D eigenvalue weighted by molar-refractivity contribution is 0.145. The second-order valence-corrected chi connectivity index (χ2v) is 6.55. The molecule has 1 fully saturated rings. The van der Waals surface area contributed by atoms with Crippen LogP contribution in [0.3, 0.4) is 0 Å². The van der Waals surface area contributed by atoms with Crippen molar-refractivity contribution in [2.75, 3.05) is 6.61 Å². The number of rotatable bonds is 2. The number of ether oxygens (including phenoxy) is 1. The van der Waals surface area contributed by atoms with Crippen molar-refractivity contribution in [2.45, 2.75) is 38.2 Å². The molecule has 1 aromatic carbocycles. The predicted octanol–water partition coefficient (Wildman–Crippen LogP) is 4.48. The number of hydrogen-bond donors (Lipinski definition) is 0. The van der Waals surface area contributed by atoms with E-state index >= 15 is 0 Å². The highest BCUT2D eigenvalue weighted by Crippen LogP contribution is 2.40. The Morgan fingerprint density at radius 3 is 2.67 bits per heavy atom. The number of para-hydroxylation sites is 1. The molecule has 0 bridgehead atoms. The van der Waals surface area contributed by atoms with E-state index < -0.39 is 6.43 Å². The van der Waals surface area contributed by atoms with Gasteiger partial charge in [-0.1, -0.05) is 12.1 Å². The Kier molecular flexibility index (Phi) is 3.59. The molecular formula is C19H18F2N2O. The molecule has 4 rings (SSSR count). The molecule has 2 heterocycles. The molecular weight excluding hydrogens is 310 g/mol. The Bertz CT molecular complexity index is 813. The number of hydrogen-bond acceptors (Lipinski definition) is 3. The molecule has 1 aliphatic heterocycles. The van der Waals surface area contributed by atoms with Crippen molar-refractivity contribution in [3.05, 3.63) is 58.9 Å². The van der Waals surface area contributed by atoms with Crippen LogP contribution >= 0.6 is 0 Å². The van der Waals surface area contributed by atoms with Gasteiger partial charge in [0.15, 0.2) is 0 Å². The number of halogens is 2. The zero-order valence-corrected chi connectivity index (χ0v) is 13.4. The van der Waals surface area contributed by atoms with Gasteiger partial charge in [-0.15, -0.1) is 0 Å². The van der Waals surface area contributed by atoms with E-state index in [0.29, 0.717) is 12.2 Å². The fraction of sp³-hybridized carbons (Fsp3) is 0.368. The van der Waals surface area contributed by atoms with E-state index in [9.17, 15) is 8.78 Å². The van der Waals surface area contributed by atoms with E-state index in [1.54, 1.807) is 13.0 Å². The monoisotopic (exact) mass is 328 g/mol. The normalized spacial score (nSPS) is 18.4. The van der Waals surface area contributed by atoms with Crippen LogP contribution in [0, 0.1) is 6.92 Å². The van der Waals surface area contributed by atoms with Gasteiger partial charge in [0.05, 0.1) is 11.3 Å². The highest BCUT2D eigenvalue weighted by Gasteiger charge is 2.40. The summed E-state index contributed by atoms with van der Waals surface area (Å²) < 4.78 is 32.0. The van der Waals surface area contributed by atoms with Crippen LogP contribution in [-0.4, -0.2) is 22.8 Å². The summed E-state index contributed by atoms with van der Waals surface area (Å²) in [5, 5.41) is 0. The van der Waals surface area contributed by atoms with Gasteiger partial charge in [0, 0.05) is 17.3 Å². The van der Waals surface area contributed by atoms with Gasteiger partial charge in [-0.3, -0.25) is 9.98 Å². The topological polar surface area (TPSA) is 34.5 Å². The Labute approximate surface area is 139 Å². The fourth-order valence-electron chi connectivity index (χ4n) is 3.33. The summed E-state index contributed by atoms with van der Waals surface area (Å²) in [6.45, 7) is 2.23. The van der Waals surface area contributed by atoms with E-state index in [1.807, 2.05) is 24.3 Å². The molecule has 1 spiro atoms. The molecule has 0 amide bonds. The zero-order valence-electron chi connectivity index (χ0n) is 13.4. The van der Waals surface area contributed by atoms with Gasteiger partial charge in [-0.2, -0.15) is 0 Å². The minimum absolute atomic E-state index is 0.170. The van der Waals surface area contributed by atoms with Crippen molar-refractivity contribution in [2.24, 2.45) is 4.99 Å². The highest BCUT2D eigenvalue weighted by atomic mass is 19.3. The number of aromatic nitrogens is 1. The molecule has 0 atom stereocenters. The molecule has 1 aromatic heterocycles. The van der Waals surface area contributed by atoms with Crippen LogP contribution in [0.5, 0.6) is 5.75 Å². The van der Waals surface area contributed by atoms with Gasteiger partial charge in [0.1, 0.15) is 18.1 Å². The molecule has 5 heteroatoms. The van der Waals surface area contributed by atoms with Crippen molar-refractivity contribution in [1.29, 1.82) is 0 Å². The van der Waals surface area contributed by atoms with Crippen LogP contribution in [0.4, 0.5) is 8.78 Å². The number of aliphatic imine (C=N–C) groups is 1. The Balaban J connectivity index is 1.85. The maximum atomic E-state index is 13.0. The molecule has 0 radical (unpaired) electrons. The van der Waals surface area contributed by atoms with Crippen molar-refractivity contribution in [3.8, 4) is 5.75 Å². The number of benzene rings is 1. The first kappa shape index (κ1) is 15.2. The van der Waals surface area contributed by atoms with Crippen LogP contribution in [0.1, 0.15) is 48.1 Å². The third-order valence-electron chi connectivity index (χ3n) is 4.87. The van der Waals surface area contributed by atoms with Gasteiger partial charge in [-0.05, 0) is 49.9 Å². The molecule has 2 aliphatic rings. The molecule has 0 N–H and O–H groups in total. The molecule has 3 nitrogen and oxygen atoms in total. The summed E-state index contributed by atoms with van der Waals surface area (Å²) in [6.07, 6.45) is 2.06. The summed E-state index contributed by atoms with van der Waals surface area (Å²) in [6, 6.07) is 9.50. The summed E-state index contributed by atoms with van der Waals surface area (Å²) in [5.41, 5.74) is 2.57. The highest BCUT2D eigenvalue weighted by molar-refractivity contribution is 6.14. The van der Waals surface area contributed by atoms with E-state index in [4.69, 9.17) is 9.73 Å². The predicted molar refractivity (Wildman–Crippen MR) is 88.1 cm³/mol. The number of fused-ring (bicyclic) bond motifs is 1. The first-order valence-electron chi connectivity index (χ1n) is 8.15. The lowest BCUT2D eigenvalue weighted by Gasteiger charge is -2.37. The molecule has 0 saturated heterocycles. The Hall–Kier alpha value is -2.30. The van der Waals surface area contributed by atoms with Crippen LogP contribution in [0.25, 0.3) is 0 Å². The smallest absolute Gasteiger partial charge is 0.280 e. The van der Waals surface area contributed by atoms with Crippen molar-refractivity contribution in [3.63, 3.8) is 0 Å². The van der Waals surface area contributed by atoms with Crippen LogP contribution in [-0.2, 0) is 0 Å². The number of pyridine rings is 1. The van der Waals surface area contributed by atoms with Crippen molar-refractivity contribution >= 4 is 5.71 Å². The minimum Gasteiger partial charge on any atom is -0.490 e. The lowest BCUT2D eigenvalue weighted by Crippen LogP contribution is -2.41. The lowest BCUT2D eigenvalue weighted by atomic mass is 9.78. The van der Waals surface area contributed by atoms with Crippen LogP contribution in [0.2, 0.25) is 0 Å². The third-order valence-corrected chi connectivity index (χ3v) is 4.87. The second-order valence-electron chi connectivity index (χ2n) is 6.55. The molecule has 0 unspecified atom stereocenters. The van der Waals surface area contributed by atoms with Gasteiger partial charge in [0.2, 0.25) is 0 Å². The number of nitrogens with zero attached hydrogens (tertiary/aromatic N) is 2. The summed E-state index contributed by atoms with van der Waals surface area (Å²) in [5.74, 6) is 0.788. The molecule has 24 heavy (non-hydrogen) atoms. The van der Waals surface area contributed by atoms with E-state index in [-0.39, 0.29) is 11.2 Å². The molecule has 1 aliphatic carbocycles. The average Bonchev–Trinajstić information content (AvgIpc) is 2.71. The van der Waals surface area contributed by atoms with Gasteiger partial charge < -0.3 is 4.74 Å². The van der Waals surface area contributed by atoms with E-state index in [0.717, 1.165) is 41.9 Å². The van der Waals surface area contributed by atoms with Gasteiger partial charge in [0.25, 0.3) is 6.43 Å². The number of alkyl halides is 2. The van der Waals surface area contributed by atoms with Crippen molar-refractivity contribution < 1.29 is 13.5 Å². The largest absolute Gasteiger partial charge is 0.490 e. The quantitative estimate of drug-likeness (QED) is 0.814. The summed E-state index contributed by atoms with van der Waals surface area (Å²) >= 11 is 0. The standard InChI is InChI=1S/C19H18F2N2O/c1-12-9-13(10-22-16(12)18(20)21)17-14-5-2-3-6-15(14)24-11-19(23-17)7-4-8-19/h2-3,5-6,9-10,18H,4,7-8,11H2,1H3. The second kappa shape index (κ2) is 5.65. The van der Waals surface area contributed by atoms with E-state index in [2.05, 4.69) is 4.98 Å². The molecule has 1 saturated carbocycles. The van der Waals surface area contributed by atoms with Crippen LogP contribution < -0.4 is 4.74 Å². The summed E-state index contributed by atoms with van der Waals surface area (Å²) in [7, 11) is 0. The zero-order chi connectivity index (χ0) is 16.7. The van der Waals surface area contributed by atoms with E-state index in [1.165, 1.54) is 6.20 Å². The Morgan fingerprint density at radius 2 is 2.00 bits per heavy atom. The van der Waals surface area contributed by atoms with Crippen LogP contribution in [0.15, 0.2) is 41.5 Å². The first-order chi connectivity index (χ1) is 11.6. The first-order valence-corrected chi connectivity index (χ1v) is 8.15. The average molecular weight is 328 g/mol. The van der Waals surface area contributed by atoms with Crippen molar-refractivity contribution in [1.82, 2.24) is 4.98 Å². The molecule has 124 valence electrons.